The Bertz CT molecular complexity index is 157. The Hall–Kier alpha value is -1.33. The molecule has 0 fully saturated rings. The van der Waals surface area contributed by atoms with Gasteiger partial charge in [0, 0.05) is 0 Å². The van der Waals surface area contributed by atoms with Crippen LogP contribution in [-0.2, 0) is 0 Å². The van der Waals surface area contributed by atoms with E-state index in [1.54, 1.807) is 7.05 Å². The summed E-state index contributed by atoms with van der Waals surface area (Å²) in [6.07, 6.45) is 0. The molecule has 2 N–H and O–H groups in total. The van der Waals surface area contributed by atoms with E-state index >= 15 is 0 Å². The summed E-state index contributed by atoms with van der Waals surface area (Å²) in [6, 6.07) is 0. The second kappa shape index (κ2) is 1.65. The van der Waals surface area contributed by atoms with Gasteiger partial charge >= 0.3 is 5.96 Å². The molecule has 1 aliphatic rings. The average molecular weight is 113 g/mol. The summed E-state index contributed by atoms with van der Waals surface area (Å²) >= 11 is 0. The molecule has 0 bridgehead atoms. The maximum atomic E-state index is 5.19. The first kappa shape index (κ1) is 4.82. The van der Waals surface area contributed by atoms with E-state index < -0.39 is 0 Å². The summed E-state index contributed by atoms with van der Waals surface area (Å²) in [6.45, 7) is 0. The number of hydrazone groups is 1. The van der Waals surface area contributed by atoms with E-state index in [9.17, 15) is 0 Å². The van der Waals surface area contributed by atoms with Crippen molar-refractivity contribution in [1.82, 2.24) is 0 Å². The molecular weight excluding hydrogens is 108 g/mol. The van der Waals surface area contributed by atoms with Gasteiger partial charge in [-0.2, -0.15) is 4.68 Å². The van der Waals surface area contributed by atoms with Crippen molar-refractivity contribution in [3.05, 3.63) is 0 Å². The van der Waals surface area contributed by atoms with Gasteiger partial charge in [-0.1, -0.05) is 0 Å². The third-order valence-corrected chi connectivity index (χ3v) is 0.624. The Kier molecular flexibility index (Phi) is 0.991. The molecule has 0 saturated carbocycles. The van der Waals surface area contributed by atoms with E-state index in [-0.39, 0.29) is 0 Å². The molecule has 1 heterocycles. The third-order valence-electron chi connectivity index (χ3n) is 0.624. The maximum Gasteiger partial charge on any atom is 0.497 e. The van der Waals surface area contributed by atoms with Crippen LogP contribution < -0.4 is 5.84 Å². The average Bonchev–Trinajstić information content (AvgIpc) is 2.12. The van der Waals surface area contributed by atoms with Gasteiger partial charge in [0.05, 0.1) is 27.7 Å². The fraction of sp³-hybridized carbons (Fsp3) is 0.500. The minimum Gasteiger partial charge on any atom is -0.294 e. The van der Waals surface area contributed by atoms with Crippen molar-refractivity contribution >= 4 is 5.96 Å². The number of rotatable bonds is 0. The quantitative estimate of drug-likeness (QED) is 0.261. The third kappa shape index (κ3) is 0.673. The van der Waals surface area contributed by atoms with Gasteiger partial charge in [-0.25, -0.2) is 0 Å². The lowest BCUT2D eigenvalue weighted by atomic mass is 11.0. The zero-order valence-corrected chi connectivity index (χ0v) is 4.31. The van der Waals surface area contributed by atoms with Crippen molar-refractivity contribution < 1.29 is 4.68 Å². The van der Waals surface area contributed by atoms with Crippen molar-refractivity contribution in [2.24, 2.45) is 26.5 Å². The minimum atomic E-state index is 0.324. The van der Waals surface area contributed by atoms with Crippen molar-refractivity contribution in [2.45, 2.75) is 0 Å². The Labute approximate surface area is 45.4 Å². The van der Waals surface area contributed by atoms with E-state index in [2.05, 4.69) is 20.7 Å². The van der Waals surface area contributed by atoms with Crippen LogP contribution in [0.15, 0.2) is 20.7 Å². The van der Waals surface area contributed by atoms with Crippen LogP contribution in [0.1, 0.15) is 0 Å². The van der Waals surface area contributed by atoms with E-state index in [0.717, 1.165) is 0 Å². The molecule has 42 valence electrons. The monoisotopic (exact) mass is 113 g/mol. The standard InChI is InChI=1S/C2H5N6/c1-8(3)2-4-6-7-5-2/h3H2,1H3/q+1. The molecule has 6 heteroatoms. The van der Waals surface area contributed by atoms with Gasteiger partial charge in [-0.15, -0.1) is 0 Å². The van der Waals surface area contributed by atoms with Crippen LogP contribution in [0.5, 0.6) is 0 Å². The normalized spacial score (nSPS) is 15.4. The van der Waals surface area contributed by atoms with Crippen molar-refractivity contribution in [3.63, 3.8) is 0 Å². The first-order valence-corrected chi connectivity index (χ1v) is 1.98. The Morgan fingerprint density at radius 2 is 1.88 bits per heavy atom. The van der Waals surface area contributed by atoms with Crippen molar-refractivity contribution in [2.75, 3.05) is 7.05 Å². The van der Waals surface area contributed by atoms with Crippen molar-refractivity contribution in [1.29, 1.82) is 0 Å². The summed E-state index contributed by atoms with van der Waals surface area (Å²) in [5, 5.41) is 13.3. The number of hydrogen-bond acceptors (Lipinski definition) is 3. The molecule has 0 spiro atoms. The summed E-state index contributed by atoms with van der Waals surface area (Å²) in [4.78, 5) is 0. The van der Waals surface area contributed by atoms with Gasteiger partial charge in [0.15, 0.2) is 0 Å². The zero-order valence-electron chi connectivity index (χ0n) is 4.31. The van der Waals surface area contributed by atoms with Gasteiger partial charge in [-0.3, -0.25) is 5.84 Å². The van der Waals surface area contributed by atoms with Crippen LogP contribution >= 0.6 is 0 Å². The zero-order chi connectivity index (χ0) is 5.98. The molecule has 0 radical (unpaired) electrons. The number of hydrogen-bond donors (Lipinski definition) is 1. The van der Waals surface area contributed by atoms with Gasteiger partial charge in [0.1, 0.15) is 0 Å². The largest absolute Gasteiger partial charge is 0.497 e. The summed E-state index contributed by atoms with van der Waals surface area (Å²) in [5.74, 6) is 5.51. The highest BCUT2D eigenvalue weighted by atomic mass is 15.6. The number of nitrogens with two attached hydrogens (primary N) is 1. The minimum absolute atomic E-state index is 0.324. The highest BCUT2D eigenvalue weighted by Crippen LogP contribution is 1.93. The SMILES string of the molecule is C[N+](N)=C1N=NN=N1. The first-order chi connectivity index (χ1) is 3.80. The molecule has 0 aromatic carbocycles. The molecule has 0 unspecified atom stereocenters. The van der Waals surface area contributed by atoms with Crippen molar-refractivity contribution in [3.8, 4) is 0 Å². The molecule has 0 aromatic rings. The van der Waals surface area contributed by atoms with Gasteiger partial charge < -0.3 is 0 Å². The van der Waals surface area contributed by atoms with Crippen LogP contribution in [-0.4, -0.2) is 17.7 Å². The maximum absolute atomic E-state index is 5.19. The molecule has 0 saturated heterocycles. The lowest BCUT2D eigenvalue weighted by Crippen LogP contribution is -2.19. The Morgan fingerprint density at radius 1 is 1.38 bits per heavy atom. The molecule has 0 amide bonds. The molecule has 1 aliphatic heterocycles. The highest BCUT2D eigenvalue weighted by molar-refractivity contribution is 5.75. The molecule has 1 rings (SSSR count). The Morgan fingerprint density at radius 3 is 2.12 bits per heavy atom. The predicted molar refractivity (Wildman–Crippen MR) is 25.1 cm³/mol. The second-order valence-corrected chi connectivity index (χ2v) is 1.29. The van der Waals surface area contributed by atoms with Crippen LogP contribution in [0, 0.1) is 0 Å². The lowest BCUT2D eigenvalue weighted by molar-refractivity contribution is -0.510. The molecule has 0 aliphatic carbocycles. The van der Waals surface area contributed by atoms with Crippen LogP contribution in [0.3, 0.4) is 0 Å². The van der Waals surface area contributed by atoms with Crippen LogP contribution in [0.25, 0.3) is 0 Å². The van der Waals surface area contributed by atoms with Crippen LogP contribution in [0.4, 0.5) is 0 Å². The molecule has 6 nitrogen and oxygen atoms in total. The summed E-state index contributed by atoms with van der Waals surface area (Å²) in [7, 11) is 1.61. The summed E-state index contributed by atoms with van der Waals surface area (Å²) in [5.41, 5.74) is 0. The van der Waals surface area contributed by atoms with Gasteiger partial charge in [0.25, 0.3) is 0 Å². The van der Waals surface area contributed by atoms with E-state index in [1.165, 1.54) is 4.68 Å². The van der Waals surface area contributed by atoms with E-state index in [1.807, 2.05) is 0 Å². The van der Waals surface area contributed by atoms with Gasteiger partial charge in [-0.05, 0) is 0 Å². The van der Waals surface area contributed by atoms with E-state index in [0.29, 0.717) is 5.96 Å². The van der Waals surface area contributed by atoms with Crippen LogP contribution in [0.2, 0.25) is 0 Å². The predicted octanol–water partition coefficient (Wildman–Crippen LogP) is -0.309. The fourth-order valence-corrected chi connectivity index (χ4v) is 0.281. The summed E-state index contributed by atoms with van der Waals surface area (Å²) < 4.78 is 1.24. The number of hydrazine groups is 1. The van der Waals surface area contributed by atoms with Gasteiger partial charge in [0.2, 0.25) is 0 Å². The molecular formula is C2H5N6+. The topological polar surface area (TPSA) is 78.5 Å². The second-order valence-electron chi connectivity index (χ2n) is 1.29. The first-order valence-electron chi connectivity index (χ1n) is 1.98. The van der Waals surface area contributed by atoms with E-state index in [4.69, 9.17) is 5.84 Å². The highest BCUT2D eigenvalue weighted by Gasteiger charge is 2.13. The molecule has 0 atom stereocenters. The molecule has 0 aromatic heterocycles. The fourth-order valence-electron chi connectivity index (χ4n) is 0.281. The number of nitrogens with zero attached hydrogens (tertiary/aromatic N) is 5. The number of guanidine groups is 1. The Balaban J connectivity index is 2.90. The lowest BCUT2D eigenvalue weighted by Gasteiger charge is -1.80. The smallest absolute Gasteiger partial charge is 0.294 e. The molecule has 8 heavy (non-hydrogen) atoms.